The van der Waals surface area contributed by atoms with Crippen LogP contribution >= 0.6 is 0 Å². The number of nitrogens with zero attached hydrogens (tertiary/aromatic N) is 2. The van der Waals surface area contributed by atoms with Crippen molar-refractivity contribution in [3.63, 3.8) is 0 Å². The van der Waals surface area contributed by atoms with Crippen LogP contribution in [0, 0.1) is 10.1 Å². The van der Waals surface area contributed by atoms with Crippen LogP contribution in [0.5, 0.6) is 0 Å². The summed E-state index contributed by atoms with van der Waals surface area (Å²) in [5, 5.41) is 11.1. The van der Waals surface area contributed by atoms with E-state index in [0.29, 0.717) is 12.2 Å². The van der Waals surface area contributed by atoms with Crippen LogP contribution in [0.25, 0.3) is 0 Å². The number of para-hydroxylation sites is 1. The average Bonchev–Trinajstić information content (AvgIpc) is 2.66. The highest BCUT2D eigenvalue weighted by Crippen LogP contribution is 2.25. The molecule has 0 heterocycles. The molecule has 0 radical (unpaired) electrons. The third-order valence-electron chi connectivity index (χ3n) is 3.80. The number of amides is 1. The van der Waals surface area contributed by atoms with E-state index >= 15 is 0 Å². The maximum atomic E-state index is 12.3. The van der Waals surface area contributed by atoms with Crippen LogP contribution in [0.15, 0.2) is 53.4 Å². The molecular weight excluding hydrogens is 388 g/mol. The highest BCUT2D eigenvalue weighted by molar-refractivity contribution is 7.90. The van der Waals surface area contributed by atoms with E-state index in [-0.39, 0.29) is 5.56 Å². The van der Waals surface area contributed by atoms with Crippen molar-refractivity contribution in [1.82, 2.24) is 0 Å². The fraction of sp³-hybridized carbons (Fsp3) is 0.222. The number of esters is 1. The van der Waals surface area contributed by atoms with Crippen LogP contribution in [0.1, 0.15) is 17.3 Å². The van der Waals surface area contributed by atoms with Gasteiger partial charge in [-0.3, -0.25) is 14.9 Å². The van der Waals surface area contributed by atoms with E-state index < -0.39 is 43.8 Å². The molecule has 148 valence electrons. The Labute approximate surface area is 161 Å². The lowest BCUT2D eigenvalue weighted by Crippen LogP contribution is -2.34. The minimum absolute atomic E-state index is 0.227. The van der Waals surface area contributed by atoms with E-state index in [1.54, 1.807) is 37.3 Å². The standard InChI is InChI=1S/C18H18N2O7S/c1-3-19(14-7-5-4-6-8-14)17(21)12-27-18(22)13-9-10-16(28(2,25)26)15(11-13)20(23)24/h4-11H,3,12H2,1-2H3. The number of sulfone groups is 1. The Morgan fingerprint density at radius 3 is 2.32 bits per heavy atom. The van der Waals surface area contributed by atoms with Gasteiger partial charge in [-0.15, -0.1) is 0 Å². The van der Waals surface area contributed by atoms with Crippen molar-refractivity contribution in [2.75, 3.05) is 24.3 Å². The summed E-state index contributed by atoms with van der Waals surface area (Å²) in [6.45, 7) is 1.55. The Morgan fingerprint density at radius 1 is 1.14 bits per heavy atom. The number of anilines is 1. The predicted molar refractivity (Wildman–Crippen MR) is 101 cm³/mol. The molecule has 2 aromatic carbocycles. The molecule has 0 atom stereocenters. The van der Waals surface area contributed by atoms with Crippen molar-refractivity contribution in [2.24, 2.45) is 0 Å². The predicted octanol–water partition coefficient (Wildman–Crippen LogP) is 2.21. The summed E-state index contributed by atoms with van der Waals surface area (Å²) < 4.78 is 28.2. The quantitative estimate of drug-likeness (QED) is 0.392. The average molecular weight is 406 g/mol. The number of likely N-dealkylation sites (N-methyl/N-ethyl adjacent to an activating group) is 1. The molecule has 9 nitrogen and oxygen atoms in total. The Balaban J connectivity index is 2.16. The van der Waals surface area contributed by atoms with E-state index in [0.717, 1.165) is 24.5 Å². The van der Waals surface area contributed by atoms with Gasteiger partial charge in [0, 0.05) is 24.6 Å². The van der Waals surface area contributed by atoms with E-state index in [9.17, 15) is 28.1 Å². The van der Waals surface area contributed by atoms with Gasteiger partial charge in [-0.2, -0.15) is 0 Å². The lowest BCUT2D eigenvalue weighted by atomic mass is 10.2. The van der Waals surface area contributed by atoms with Crippen molar-refractivity contribution in [1.29, 1.82) is 0 Å². The van der Waals surface area contributed by atoms with Crippen molar-refractivity contribution >= 4 is 33.1 Å². The molecule has 0 aliphatic heterocycles. The zero-order chi connectivity index (χ0) is 20.9. The SMILES string of the molecule is CCN(C(=O)COC(=O)c1ccc(S(C)(=O)=O)c([N+](=O)[O-])c1)c1ccccc1. The van der Waals surface area contributed by atoms with Crippen molar-refractivity contribution < 1.29 is 27.7 Å². The molecule has 0 unspecified atom stereocenters. The molecule has 0 aromatic heterocycles. The van der Waals surface area contributed by atoms with Crippen molar-refractivity contribution in [2.45, 2.75) is 11.8 Å². The van der Waals surface area contributed by atoms with Gasteiger partial charge in [0.1, 0.15) is 4.90 Å². The molecule has 1 amide bonds. The summed E-state index contributed by atoms with van der Waals surface area (Å²) in [7, 11) is -3.85. The minimum Gasteiger partial charge on any atom is -0.452 e. The number of benzene rings is 2. The number of carbonyl (C=O) groups is 2. The molecule has 2 rings (SSSR count). The number of carbonyl (C=O) groups excluding carboxylic acids is 2. The Kier molecular flexibility index (Phi) is 6.47. The van der Waals surface area contributed by atoms with E-state index in [2.05, 4.69) is 0 Å². The number of rotatable bonds is 7. The van der Waals surface area contributed by atoms with Gasteiger partial charge >= 0.3 is 5.97 Å². The number of hydrogen-bond donors (Lipinski definition) is 0. The highest BCUT2D eigenvalue weighted by Gasteiger charge is 2.25. The number of ether oxygens (including phenoxy) is 1. The maximum Gasteiger partial charge on any atom is 0.338 e. The molecule has 10 heteroatoms. The topological polar surface area (TPSA) is 124 Å². The first-order valence-electron chi connectivity index (χ1n) is 8.16. The molecule has 0 aliphatic carbocycles. The van der Waals surface area contributed by atoms with Crippen molar-refractivity contribution in [3.8, 4) is 0 Å². The molecule has 0 saturated carbocycles. The summed E-state index contributed by atoms with van der Waals surface area (Å²) in [5.41, 5.74) is -0.323. The first-order valence-corrected chi connectivity index (χ1v) is 10.0. The first kappa shape index (κ1) is 21.0. The van der Waals surface area contributed by atoms with Gasteiger partial charge in [0.25, 0.3) is 11.6 Å². The van der Waals surface area contributed by atoms with Gasteiger partial charge in [0.2, 0.25) is 0 Å². The van der Waals surface area contributed by atoms with Gasteiger partial charge in [0.15, 0.2) is 16.4 Å². The van der Waals surface area contributed by atoms with Gasteiger partial charge in [0.05, 0.1) is 10.5 Å². The minimum atomic E-state index is -3.85. The zero-order valence-electron chi connectivity index (χ0n) is 15.2. The van der Waals surface area contributed by atoms with Crippen LogP contribution in [0.3, 0.4) is 0 Å². The molecular formula is C18H18N2O7S. The smallest absolute Gasteiger partial charge is 0.338 e. The fourth-order valence-corrected chi connectivity index (χ4v) is 3.33. The number of nitro benzene ring substituents is 1. The largest absolute Gasteiger partial charge is 0.452 e. The summed E-state index contributed by atoms with van der Waals surface area (Å²) in [4.78, 5) is 35.6. The molecule has 2 aromatic rings. The van der Waals surface area contributed by atoms with E-state index in [1.807, 2.05) is 0 Å². The Hall–Kier alpha value is -3.27. The zero-order valence-corrected chi connectivity index (χ0v) is 16.0. The van der Waals surface area contributed by atoms with E-state index in [4.69, 9.17) is 4.74 Å². The molecule has 0 spiro atoms. The molecule has 0 bridgehead atoms. The molecule has 0 fully saturated rings. The van der Waals surface area contributed by atoms with Gasteiger partial charge in [-0.05, 0) is 31.2 Å². The molecule has 0 aliphatic rings. The summed E-state index contributed by atoms with van der Waals surface area (Å²) in [6, 6.07) is 11.7. The maximum absolute atomic E-state index is 12.3. The Morgan fingerprint density at radius 2 is 1.79 bits per heavy atom. The van der Waals surface area contributed by atoms with Gasteiger partial charge in [-0.25, -0.2) is 13.2 Å². The summed E-state index contributed by atoms with van der Waals surface area (Å²) in [6.07, 6.45) is 0.828. The summed E-state index contributed by atoms with van der Waals surface area (Å²) in [5.74, 6) is -1.44. The number of hydrogen-bond acceptors (Lipinski definition) is 7. The first-order chi connectivity index (χ1) is 13.1. The second kappa shape index (κ2) is 8.61. The fourth-order valence-electron chi connectivity index (χ4n) is 2.50. The normalized spacial score (nSPS) is 10.9. The Bertz CT molecular complexity index is 1000. The van der Waals surface area contributed by atoms with E-state index in [1.165, 1.54) is 4.90 Å². The number of nitro groups is 1. The second-order valence-electron chi connectivity index (χ2n) is 5.76. The van der Waals surface area contributed by atoms with Crippen LogP contribution in [0.2, 0.25) is 0 Å². The molecule has 28 heavy (non-hydrogen) atoms. The van der Waals surface area contributed by atoms with Crippen LogP contribution in [0.4, 0.5) is 11.4 Å². The van der Waals surface area contributed by atoms with Crippen LogP contribution in [-0.4, -0.2) is 44.6 Å². The third kappa shape index (κ3) is 4.92. The van der Waals surface area contributed by atoms with Crippen LogP contribution < -0.4 is 4.90 Å². The lowest BCUT2D eigenvalue weighted by Gasteiger charge is -2.20. The summed E-state index contributed by atoms with van der Waals surface area (Å²) >= 11 is 0. The van der Waals surface area contributed by atoms with Gasteiger partial charge in [-0.1, -0.05) is 18.2 Å². The molecule has 0 saturated heterocycles. The molecule has 0 N–H and O–H groups in total. The lowest BCUT2D eigenvalue weighted by molar-refractivity contribution is -0.387. The van der Waals surface area contributed by atoms with Crippen LogP contribution in [-0.2, 0) is 19.4 Å². The van der Waals surface area contributed by atoms with Crippen molar-refractivity contribution in [3.05, 3.63) is 64.2 Å². The second-order valence-corrected chi connectivity index (χ2v) is 7.75. The van der Waals surface area contributed by atoms with Gasteiger partial charge < -0.3 is 9.64 Å². The highest BCUT2D eigenvalue weighted by atomic mass is 32.2. The monoisotopic (exact) mass is 406 g/mol. The third-order valence-corrected chi connectivity index (χ3v) is 4.95.